The summed E-state index contributed by atoms with van der Waals surface area (Å²) in [7, 11) is 0. The van der Waals surface area contributed by atoms with Crippen LogP contribution in [0.2, 0.25) is 0 Å². The van der Waals surface area contributed by atoms with Crippen molar-refractivity contribution in [3.05, 3.63) is 59.7 Å². The van der Waals surface area contributed by atoms with Crippen molar-refractivity contribution in [2.45, 2.75) is 63.7 Å². The van der Waals surface area contributed by atoms with Crippen LogP contribution in [0.25, 0.3) is 0 Å². The summed E-state index contributed by atoms with van der Waals surface area (Å²) in [5.41, 5.74) is 12.0. The van der Waals surface area contributed by atoms with Crippen molar-refractivity contribution in [1.29, 1.82) is 0 Å². The topological polar surface area (TPSA) is 259 Å². The number of carboxylic acid groups (broad SMARTS) is 1. The molecule has 4 atom stereocenters. The number of hydrogen-bond acceptors (Lipinski definition) is 8. The molecule has 2 aromatic rings. The van der Waals surface area contributed by atoms with Crippen LogP contribution in [0.5, 0.6) is 11.5 Å². The summed E-state index contributed by atoms with van der Waals surface area (Å²) >= 11 is 0. The molecule has 15 nitrogen and oxygen atoms in total. The van der Waals surface area contributed by atoms with E-state index in [9.17, 15) is 39.3 Å². The molecule has 0 aliphatic rings. The number of aldehydes is 1. The minimum Gasteiger partial charge on any atom is -0.508 e. The largest absolute Gasteiger partial charge is 0.508 e. The number of urea groups is 1. The SMILES string of the molecule is CC(C)[C@H](NC(=O)[C@H](CCCN=C(N)N)NC(=O)N[C@@H](Cc1ccc(O)cc1)C(=O)O)C(=O)N[C@H](C=O)Cc1ccc(O)cc1. The highest BCUT2D eigenvalue weighted by molar-refractivity contribution is 5.93. The maximum atomic E-state index is 13.4. The lowest BCUT2D eigenvalue weighted by Crippen LogP contribution is -2.58. The molecule has 2 rings (SSSR count). The van der Waals surface area contributed by atoms with Gasteiger partial charge in [-0.2, -0.15) is 0 Å². The van der Waals surface area contributed by atoms with Crippen LogP contribution < -0.4 is 32.7 Å². The average molecular weight is 628 g/mol. The molecule has 0 bridgehead atoms. The fraction of sp³-hybridized carbons (Fsp3) is 0.400. The maximum absolute atomic E-state index is 13.4. The van der Waals surface area contributed by atoms with E-state index in [0.717, 1.165) is 0 Å². The Morgan fingerprint density at radius 2 is 1.33 bits per heavy atom. The zero-order valence-electron chi connectivity index (χ0n) is 25.1. The molecular formula is C30H41N7O8. The number of amides is 4. The number of guanidine groups is 1. The molecule has 244 valence electrons. The number of phenolic OH excluding ortho intramolecular Hbond substituents is 2. The Balaban J connectivity index is 2.14. The number of nitrogens with zero attached hydrogens (tertiary/aromatic N) is 1. The van der Waals surface area contributed by atoms with E-state index in [-0.39, 0.29) is 49.7 Å². The maximum Gasteiger partial charge on any atom is 0.326 e. The number of carbonyl (C=O) groups is 5. The summed E-state index contributed by atoms with van der Waals surface area (Å²) in [5.74, 6) is -3.20. The summed E-state index contributed by atoms with van der Waals surface area (Å²) in [4.78, 5) is 66.9. The van der Waals surface area contributed by atoms with Gasteiger partial charge in [-0.1, -0.05) is 38.1 Å². The van der Waals surface area contributed by atoms with Crippen LogP contribution in [-0.2, 0) is 32.0 Å². The summed E-state index contributed by atoms with van der Waals surface area (Å²) in [6.07, 6.45) is 0.917. The third-order valence-electron chi connectivity index (χ3n) is 6.68. The number of carboxylic acids is 1. The zero-order valence-corrected chi connectivity index (χ0v) is 25.1. The number of aliphatic imine (C=N–C) groups is 1. The van der Waals surface area contributed by atoms with E-state index < -0.39 is 53.9 Å². The molecule has 11 N–H and O–H groups in total. The molecule has 4 amide bonds. The predicted molar refractivity (Wildman–Crippen MR) is 165 cm³/mol. The number of nitrogens with two attached hydrogens (primary N) is 2. The second-order valence-corrected chi connectivity index (χ2v) is 10.7. The van der Waals surface area contributed by atoms with Gasteiger partial charge in [0.2, 0.25) is 11.8 Å². The molecular weight excluding hydrogens is 586 g/mol. The molecule has 0 saturated carbocycles. The molecule has 0 spiro atoms. The predicted octanol–water partition coefficient (Wildman–Crippen LogP) is -0.118. The van der Waals surface area contributed by atoms with Crippen LogP contribution in [0.15, 0.2) is 53.5 Å². The molecule has 0 radical (unpaired) electrons. The van der Waals surface area contributed by atoms with Gasteiger partial charge in [-0.25, -0.2) is 9.59 Å². The first kappa shape index (κ1) is 35.9. The van der Waals surface area contributed by atoms with Gasteiger partial charge in [-0.05, 0) is 60.6 Å². The van der Waals surface area contributed by atoms with E-state index in [1.165, 1.54) is 36.4 Å². The van der Waals surface area contributed by atoms with Crippen molar-refractivity contribution in [3.63, 3.8) is 0 Å². The van der Waals surface area contributed by atoms with Gasteiger partial charge in [-0.15, -0.1) is 0 Å². The Morgan fingerprint density at radius 3 is 1.82 bits per heavy atom. The molecule has 15 heteroatoms. The van der Waals surface area contributed by atoms with E-state index in [4.69, 9.17) is 11.5 Å². The first-order valence-electron chi connectivity index (χ1n) is 14.3. The van der Waals surface area contributed by atoms with Gasteiger partial charge in [0.1, 0.15) is 35.9 Å². The molecule has 45 heavy (non-hydrogen) atoms. The van der Waals surface area contributed by atoms with Gasteiger partial charge in [0.15, 0.2) is 5.96 Å². The molecule has 0 aliphatic carbocycles. The fourth-order valence-corrected chi connectivity index (χ4v) is 4.28. The lowest BCUT2D eigenvalue weighted by molar-refractivity contribution is -0.139. The molecule has 2 aromatic carbocycles. The van der Waals surface area contributed by atoms with Gasteiger partial charge < -0.3 is 52.8 Å². The molecule has 0 aromatic heterocycles. The Morgan fingerprint density at radius 1 is 0.800 bits per heavy atom. The third kappa shape index (κ3) is 12.8. The summed E-state index contributed by atoms with van der Waals surface area (Å²) in [5, 5.41) is 38.7. The molecule has 0 heterocycles. The van der Waals surface area contributed by atoms with Crippen LogP contribution >= 0.6 is 0 Å². The monoisotopic (exact) mass is 627 g/mol. The van der Waals surface area contributed by atoms with Crippen molar-refractivity contribution in [1.82, 2.24) is 21.3 Å². The Bertz CT molecular complexity index is 1330. The number of hydrogen-bond donors (Lipinski definition) is 9. The van der Waals surface area contributed by atoms with Crippen molar-refractivity contribution in [2.75, 3.05) is 6.54 Å². The van der Waals surface area contributed by atoms with Crippen molar-refractivity contribution < 1.29 is 39.3 Å². The second-order valence-electron chi connectivity index (χ2n) is 10.7. The minimum absolute atomic E-state index is 0.00156. The number of aliphatic carboxylic acids is 1. The first-order valence-corrected chi connectivity index (χ1v) is 14.3. The number of nitrogens with one attached hydrogen (secondary N) is 4. The lowest BCUT2D eigenvalue weighted by atomic mass is 10.0. The molecule has 0 fully saturated rings. The summed E-state index contributed by atoms with van der Waals surface area (Å²) in [6, 6.07) is 6.43. The van der Waals surface area contributed by atoms with Crippen molar-refractivity contribution in [2.24, 2.45) is 22.4 Å². The number of carbonyl (C=O) groups excluding carboxylic acids is 4. The van der Waals surface area contributed by atoms with Gasteiger partial charge >= 0.3 is 12.0 Å². The first-order chi connectivity index (χ1) is 21.3. The Labute approximate surface area is 260 Å². The van der Waals surface area contributed by atoms with Crippen LogP contribution in [0.3, 0.4) is 0 Å². The van der Waals surface area contributed by atoms with E-state index in [1.54, 1.807) is 26.0 Å². The summed E-state index contributed by atoms with van der Waals surface area (Å²) < 4.78 is 0. The number of phenols is 2. The van der Waals surface area contributed by atoms with E-state index in [2.05, 4.69) is 26.3 Å². The van der Waals surface area contributed by atoms with Gasteiger partial charge in [0.05, 0.1) is 6.04 Å². The quantitative estimate of drug-likeness (QED) is 0.0486. The van der Waals surface area contributed by atoms with E-state index in [1.807, 2.05) is 0 Å². The fourth-order valence-electron chi connectivity index (χ4n) is 4.28. The molecule has 0 aliphatic heterocycles. The Kier molecular flexibility index (Phi) is 14.1. The van der Waals surface area contributed by atoms with E-state index >= 15 is 0 Å². The highest BCUT2D eigenvalue weighted by Crippen LogP contribution is 2.13. The van der Waals surface area contributed by atoms with Crippen LogP contribution in [0, 0.1) is 5.92 Å². The third-order valence-corrected chi connectivity index (χ3v) is 6.68. The van der Waals surface area contributed by atoms with Gasteiger partial charge in [0.25, 0.3) is 0 Å². The smallest absolute Gasteiger partial charge is 0.326 e. The minimum atomic E-state index is -1.36. The normalized spacial score (nSPS) is 13.4. The highest BCUT2D eigenvalue weighted by atomic mass is 16.4. The van der Waals surface area contributed by atoms with Crippen molar-refractivity contribution in [3.8, 4) is 11.5 Å². The number of rotatable bonds is 17. The zero-order chi connectivity index (χ0) is 33.5. The number of aromatic hydroxyl groups is 2. The standard InChI is InChI=1S/C30H41N7O8/c1-17(2)25(27(42)34-20(16-38)14-18-5-9-21(39)10-6-18)37-26(41)23(4-3-13-33-29(31)32)35-30(45)36-24(28(43)44)15-19-7-11-22(40)12-8-19/h5-12,16-17,20,23-25,39-40H,3-4,13-15H2,1-2H3,(H,34,42)(H,37,41)(H,43,44)(H4,31,32,33)(H2,35,36,45)/t20-,23-,24-,25-/m0/s1. The van der Waals surface area contributed by atoms with Crippen LogP contribution in [0.4, 0.5) is 4.79 Å². The average Bonchev–Trinajstić information content (AvgIpc) is 2.98. The van der Waals surface area contributed by atoms with Gasteiger partial charge in [0, 0.05) is 13.0 Å². The van der Waals surface area contributed by atoms with Crippen LogP contribution in [0.1, 0.15) is 37.8 Å². The lowest BCUT2D eigenvalue weighted by Gasteiger charge is -2.27. The molecule has 0 unspecified atom stereocenters. The summed E-state index contributed by atoms with van der Waals surface area (Å²) in [6.45, 7) is 3.52. The highest BCUT2D eigenvalue weighted by Gasteiger charge is 2.30. The second kappa shape index (κ2) is 17.7. The van der Waals surface area contributed by atoms with Crippen molar-refractivity contribution >= 4 is 36.1 Å². The Hall–Kier alpha value is -5.34. The van der Waals surface area contributed by atoms with Crippen LogP contribution in [-0.4, -0.2) is 82.1 Å². The van der Waals surface area contributed by atoms with E-state index in [0.29, 0.717) is 17.4 Å². The van der Waals surface area contributed by atoms with Gasteiger partial charge in [-0.3, -0.25) is 14.6 Å². The number of benzene rings is 2. The molecule has 0 saturated heterocycles.